The second kappa shape index (κ2) is 8.98. The van der Waals surface area contributed by atoms with Crippen molar-refractivity contribution < 1.29 is 27.9 Å². The first-order valence-electron chi connectivity index (χ1n) is 8.44. The van der Waals surface area contributed by atoms with Gasteiger partial charge in [-0.2, -0.15) is 0 Å². The van der Waals surface area contributed by atoms with Crippen LogP contribution in [0.25, 0.3) is 0 Å². The second-order valence-corrected chi connectivity index (χ2v) is 8.97. The van der Waals surface area contributed by atoms with Crippen LogP contribution in [0, 0.1) is 19.8 Å². The van der Waals surface area contributed by atoms with E-state index < -0.39 is 40.2 Å². The first kappa shape index (κ1) is 22.6. The van der Waals surface area contributed by atoms with Crippen molar-refractivity contribution in [1.82, 2.24) is 10.6 Å². The predicted molar refractivity (Wildman–Crippen MR) is 100 cm³/mol. The molecule has 27 heavy (non-hydrogen) atoms. The van der Waals surface area contributed by atoms with Crippen LogP contribution in [0.4, 0.5) is 0 Å². The molecule has 2 amide bonds. The van der Waals surface area contributed by atoms with Crippen LogP contribution in [0.15, 0.2) is 17.0 Å². The highest BCUT2D eigenvalue weighted by molar-refractivity contribution is 7.90. The number of amides is 2. The molecule has 0 aliphatic carbocycles. The van der Waals surface area contributed by atoms with Crippen LogP contribution in [0.3, 0.4) is 0 Å². The number of carbonyl (C=O) groups excluding carboxylic acids is 2. The van der Waals surface area contributed by atoms with Gasteiger partial charge in [0.2, 0.25) is 5.91 Å². The maximum atomic E-state index is 12.4. The molecule has 0 aliphatic heterocycles. The molecule has 0 fully saturated rings. The Morgan fingerprint density at radius 2 is 1.74 bits per heavy atom. The fraction of sp³-hybridized carbons (Fsp3) is 0.500. The zero-order valence-corrected chi connectivity index (χ0v) is 16.9. The number of hydrogen-bond acceptors (Lipinski definition) is 5. The van der Waals surface area contributed by atoms with E-state index in [1.165, 1.54) is 12.1 Å². The Hall–Kier alpha value is -2.42. The summed E-state index contributed by atoms with van der Waals surface area (Å²) in [6.07, 6.45) is 1.32. The molecule has 1 atom stereocenters. The van der Waals surface area contributed by atoms with Crippen LogP contribution in [0.5, 0.6) is 0 Å². The molecule has 150 valence electrons. The highest BCUT2D eigenvalue weighted by Gasteiger charge is 2.22. The first-order valence-corrected chi connectivity index (χ1v) is 10.3. The van der Waals surface area contributed by atoms with Crippen LogP contribution < -0.4 is 10.6 Å². The lowest BCUT2D eigenvalue weighted by Crippen LogP contribution is -2.46. The molecular weight excluding hydrogens is 372 g/mol. The van der Waals surface area contributed by atoms with Gasteiger partial charge in [-0.05, 0) is 49.4 Å². The van der Waals surface area contributed by atoms with Crippen LogP contribution in [0.2, 0.25) is 0 Å². The van der Waals surface area contributed by atoms with Gasteiger partial charge < -0.3 is 15.7 Å². The van der Waals surface area contributed by atoms with Gasteiger partial charge >= 0.3 is 5.97 Å². The monoisotopic (exact) mass is 398 g/mol. The van der Waals surface area contributed by atoms with E-state index in [-0.39, 0.29) is 22.8 Å². The van der Waals surface area contributed by atoms with Crippen LogP contribution >= 0.6 is 0 Å². The highest BCUT2D eigenvalue weighted by atomic mass is 32.2. The Labute approximate surface area is 159 Å². The number of aliphatic carboxylic acids is 1. The summed E-state index contributed by atoms with van der Waals surface area (Å²) in [6, 6.07) is 1.72. The predicted octanol–water partition coefficient (Wildman–Crippen LogP) is 1.05. The SMILES string of the molecule is Cc1cc(S(C)(=O)=O)cc(C(=O)NCC(=O)N[C@@H](CC(C)C)C(=O)O)c1C. The third-order valence-corrected chi connectivity index (χ3v) is 5.16. The highest BCUT2D eigenvalue weighted by Crippen LogP contribution is 2.20. The van der Waals surface area contributed by atoms with Crippen LogP contribution in [-0.2, 0) is 19.4 Å². The summed E-state index contributed by atoms with van der Waals surface area (Å²) in [6.45, 7) is 6.63. The minimum absolute atomic E-state index is 0.0167. The van der Waals surface area contributed by atoms with Crippen molar-refractivity contribution >= 4 is 27.6 Å². The second-order valence-electron chi connectivity index (χ2n) is 6.96. The van der Waals surface area contributed by atoms with E-state index >= 15 is 0 Å². The molecule has 0 saturated heterocycles. The van der Waals surface area contributed by atoms with Crippen LogP contribution in [-0.4, -0.2) is 50.2 Å². The molecule has 1 aromatic rings. The molecule has 1 rings (SSSR count). The average molecular weight is 398 g/mol. The van der Waals surface area contributed by atoms with Crippen molar-refractivity contribution in [3.63, 3.8) is 0 Å². The number of hydrogen-bond donors (Lipinski definition) is 3. The fourth-order valence-electron chi connectivity index (χ4n) is 2.47. The Kier molecular flexibility index (Phi) is 7.53. The average Bonchev–Trinajstić information content (AvgIpc) is 2.52. The third-order valence-electron chi connectivity index (χ3n) is 4.06. The Morgan fingerprint density at radius 3 is 2.22 bits per heavy atom. The van der Waals surface area contributed by atoms with E-state index in [1.807, 2.05) is 13.8 Å². The van der Waals surface area contributed by atoms with Crippen molar-refractivity contribution in [2.24, 2.45) is 5.92 Å². The molecule has 0 unspecified atom stereocenters. The van der Waals surface area contributed by atoms with Crippen molar-refractivity contribution in [2.75, 3.05) is 12.8 Å². The van der Waals surface area contributed by atoms with E-state index in [2.05, 4.69) is 10.6 Å². The molecule has 0 aromatic heterocycles. The molecule has 9 heteroatoms. The summed E-state index contributed by atoms with van der Waals surface area (Å²) >= 11 is 0. The quantitative estimate of drug-likeness (QED) is 0.600. The van der Waals surface area contributed by atoms with Gasteiger partial charge in [0.25, 0.3) is 5.91 Å². The topological polar surface area (TPSA) is 130 Å². The normalized spacial score (nSPS) is 12.5. The number of carboxylic acid groups (broad SMARTS) is 1. The fourth-order valence-corrected chi connectivity index (χ4v) is 3.19. The van der Waals surface area contributed by atoms with Gasteiger partial charge in [-0.1, -0.05) is 13.8 Å². The minimum atomic E-state index is -3.49. The maximum Gasteiger partial charge on any atom is 0.326 e. The molecule has 1 aromatic carbocycles. The van der Waals surface area contributed by atoms with Crippen molar-refractivity contribution in [1.29, 1.82) is 0 Å². The summed E-state index contributed by atoms with van der Waals surface area (Å²) in [5, 5.41) is 13.9. The van der Waals surface area contributed by atoms with Crippen molar-refractivity contribution in [2.45, 2.75) is 45.1 Å². The maximum absolute atomic E-state index is 12.4. The zero-order valence-electron chi connectivity index (χ0n) is 16.1. The number of benzene rings is 1. The van der Waals surface area contributed by atoms with Crippen molar-refractivity contribution in [3.05, 3.63) is 28.8 Å². The van der Waals surface area contributed by atoms with Crippen molar-refractivity contribution in [3.8, 4) is 0 Å². The Morgan fingerprint density at radius 1 is 1.15 bits per heavy atom. The number of rotatable bonds is 8. The standard InChI is InChI=1S/C18H26N2O6S/c1-10(2)6-15(18(23)24)20-16(21)9-19-17(22)14-8-13(27(5,25)26)7-11(3)12(14)4/h7-8,10,15H,6,9H2,1-5H3,(H,19,22)(H,20,21)(H,23,24)/t15-/m0/s1. The summed E-state index contributed by atoms with van der Waals surface area (Å²) in [7, 11) is -3.49. The minimum Gasteiger partial charge on any atom is -0.480 e. The third kappa shape index (κ3) is 6.67. The Bertz CT molecular complexity index is 846. The molecule has 0 saturated carbocycles. The number of aryl methyl sites for hydroxylation is 1. The van der Waals surface area contributed by atoms with Gasteiger partial charge in [-0.25, -0.2) is 13.2 Å². The number of sulfone groups is 1. The molecule has 0 radical (unpaired) electrons. The molecule has 0 spiro atoms. The summed E-state index contributed by atoms with van der Waals surface area (Å²) in [5.74, 6) is -2.31. The molecule has 0 aliphatic rings. The summed E-state index contributed by atoms with van der Waals surface area (Å²) in [5.41, 5.74) is 1.39. The Balaban J connectivity index is 2.87. The summed E-state index contributed by atoms with van der Waals surface area (Å²) < 4.78 is 23.5. The lowest BCUT2D eigenvalue weighted by molar-refractivity contribution is -0.142. The van der Waals surface area contributed by atoms with Gasteiger partial charge in [0.15, 0.2) is 9.84 Å². The molecule has 0 heterocycles. The largest absolute Gasteiger partial charge is 0.480 e. The lowest BCUT2D eigenvalue weighted by Gasteiger charge is -2.17. The van der Waals surface area contributed by atoms with Crippen LogP contribution in [0.1, 0.15) is 41.8 Å². The van der Waals surface area contributed by atoms with E-state index in [0.717, 1.165) is 6.26 Å². The smallest absolute Gasteiger partial charge is 0.326 e. The number of carboxylic acids is 1. The molecule has 3 N–H and O–H groups in total. The van der Waals surface area contributed by atoms with E-state index in [1.54, 1.807) is 13.8 Å². The van der Waals surface area contributed by atoms with E-state index in [4.69, 9.17) is 5.11 Å². The number of nitrogens with one attached hydrogen (secondary N) is 2. The van der Waals surface area contributed by atoms with Gasteiger partial charge in [0.1, 0.15) is 6.04 Å². The zero-order chi connectivity index (χ0) is 20.9. The summed E-state index contributed by atoms with van der Waals surface area (Å²) in [4.78, 5) is 35.6. The van der Waals surface area contributed by atoms with Gasteiger partial charge in [0, 0.05) is 11.8 Å². The van der Waals surface area contributed by atoms with Gasteiger partial charge in [-0.15, -0.1) is 0 Å². The van der Waals surface area contributed by atoms with Gasteiger partial charge in [0.05, 0.1) is 11.4 Å². The lowest BCUT2D eigenvalue weighted by atomic mass is 10.0. The molecule has 8 nitrogen and oxygen atoms in total. The molecule has 0 bridgehead atoms. The number of carbonyl (C=O) groups is 3. The molecular formula is C18H26N2O6S. The van der Waals surface area contributed by atoms with E-state index in [0.29, 0.717) is 11.1 Å². The first-order chi connectivity index (χ1) is 12.3. The van der Waals surface area contributed by atoms with E-state index in [9.17, 15) is 22.8 Å². The van der Waals surface area contributed by atoms with Gasteiger partial charge in [-0.3, -0.25) is 9.59 Å².